The van der Waals surface area contributed by atoms with Gasteiger partial charge in [-0.3, -0.25) is 9.59 Å². The smallest absolute Gasteiger partial charge is 0.337 e. The van der Waals surface area contributed by atoms with Gasteiger partial charge in [0, 0.05) is 36.1 Å². The quantitative estimate of drug-likeness (QED) is 0.463. The maximum atomic E-state index is 13.2. The lowest BCUT2D eigenvalue weighted by Gasteiger charge is -2.29. The van der Waals surface area contributed by atoms with Crippen molar-refractivity contribution in [2.45, 2.75) is 33.4 Å². The zero-order chi connectivity index (χ0) is 23.8. The van der Waals surface area contributed by atoms with E-state index in [9.17, 15) is 14.4 Å². The van der Waals surface area contributed by atoms with Gasteiger partial charge < -0.3 is 10.2 Å². The number of aryl methyl sites for hydroxylation is 1. The second-order valence-corrected chi connectivity index (χ2v) is 8.45. The van der Waals surface area contributed by atoms with Crippen LogP contribution in [0.2, 0.25) is 0 Å². The number of nitrogens with zero attached hydrogens (tertiary/aromatic N) is 5. The number of carbonyl (C=O) groups excluding carboxylic acids is 2. The first-order chi connectivity index (χ1) is 16.4. The predicted octanol–water partition coefficient (Wildman–Crippen LogP) is 2.60. The highest BCUT2D eigenvalue weighted by Gasteiger charge is 2.22. The van der Waals surface area contributed by atoms with Crippen LogP contribution in [0.3, 0.4) is 0 Å². The van der Waals surface area contributed by atoms with Crippen molar-refractivity contribution in [1.82, 2.24) is 19.2 Å². The second kappa shape index (κ2) is 8.58. The molecule has 0 spiro atoms. The molecule has 1 N–H and O–H groups in total. The van der Waals surface area contributed by atoms with E-state index < -0.39 is 5.69 Å². The van der Waals surface area contributed by atoms with Crippen molar-refractivity contribution in [3.63, 3.8) is 0 Å². The lowest BCUT2D eigenvalue weighted by molar-refractivity contribution is -0.117. The fraction of sp³-hybridized carbons (Fsp3) is 0.240. The molecule has 1 amide bonds. The van der Waals surface area contributed by atoms with Gasteiger partial charge in [0.05, 0.1) is 0 Å². The topological polar surface area (TPSA) is 102 Å². The van der Waals surface area contributed by atoms with Gasteiger partial charge >= 0.3 is 5.69 Å². The van der Waals surface area contributed by atoms with Crippen LogP contribution in [0.1, 0.15) is 34.1 Å². The molecule has 0 radical (unpaired) electrons. The highest BCUT2D eigenvalue weighted by molar-refractivity contribution is 5.95. The van der Waals surface area contributed by atoms with Gasteiger partial charge in [-0.25, -0.2) is 18.9 Å². The van der Waals surface area contributed by atoms with E-state index in [4.69, 9.17) is 0 Å². The fourth-order valence-corrected chi connectivity index (χ4v) is 4.24. The molecular formula is C25H24N6O3. The summed E-state index contributed by atoms with van der Waals surface area (Å²) in [4.78, 5) is 44.0. The summed E-state index contributed by atoms with van der Waals surface area (Å²) in [6, 6.07) is 16.6. The Bertz CT molecular complexity index is 1470. The molecule has 0 saturated heterocycles. The van der Waals surface area contributed by atoms with Gasteiger partial charge in [-0.15, -0.1) is 5.10 Å². The summed E-state index contributed by atoms with van der Waals surface area (Å²) >= 11 is 0. The van der Waals surface area contributed by atoms with Crippen LogP contribution in [-0.4, -0.2) is 37.4 Å². The van der Waals surface area contributed by atoms with E-state index in [-0.39, 0.29) is 18.2 Å². The lowest BCUT2D eigenvalue weighted by Crippen LogP contribution is -2.35. The minimum Gasteiger partial charge on any atom is -0.337 e. The van der Waals surface area contributed by atoms with Gasteiger partial charge in [-0.2, -0.15) is 0 Å². The number of nitrogens with one attached hydrogen (secondary N) is 1. The van der Waals surface area contributed by atoms with Crippen LogP contribution in [0.4, 0.5) is 11.6 Å². The monoisotopic (exact) mass is 456 g/mol. The average Bonchev–Trinajstić information content (AvgIpc) is 3.13. The summed E-state index contributed by atoms with van der Waals surface area (Å²) in [5, 5.41) is 7.13. The molecule has 0 unspecified atom stereocenters. The minimum atomic E-state index is -0.418. The summed E-state index contributed by atoms with van der Waals surface area (Å²) in [6.07, 6.45) is 0.862. The van der Waals surface area contributed by atoms with E-state index >= 15 is 0 Å². The van der Waals surface area contributed by atoms with Crippen LogP contribution < -0.4 is 15.9 Å². The second-order valence-electron chi connectivity index (χ2n) is 8.45. The first kappa shape index (κ1) is 21.6. The summed E-state index contributed by atoms with van der Waals surface area (Å²) in [5.41, 5.74) is 4.39. The van der Waals surface area contributed by atoms with E-state index in [1.54, 1.807) is 30.3 Å². The van der Waals surface area contributed by atoms with Crippen LogP contribution in [0.5, 0.6) is 0 Å². The number of hydrogen-bond acceptors (Lipinski definition) is 6. The molecule has 172 valence electrons. The van der Waals surface area contributed by atoms with E-state index in [0.717, 1.165) is 23.3 Å². The highest BCUT2D eigenvalue weighted by Crippen LogP contribution is 2.23. The number of fused-ring (bicyclic) bond motifs is 2. The Kier molecular flexibility index (Phi) is 5.45. The molecule has 1 aliphatic rings. The molecule has 3 heterocycles. The molecule has 4 aromatic rings. The number of ketones is 1. The third-order valence-electron chi connectivity index (χ3n) is 5.96. The van der Waals surface area contributed by atoms with Crippen LogP contribution >= 0.6 is 0 Å². The lowest BCUT2D eigenvalue weighted by atomic mass is 10.0. The van der Waals surface area contributed by atoms with Gasteiger partial charge in [0.1, 0.15) is 6.54 Å². The number of hydrogen-bond donors (Lipinski definition) is 1. The van der Waals surface area contributed by atoms with Crippen LogP contribution in [0.15, 0.2) is 59.4 Å². The summed E-state index contributed by atoms with van der Waals surface area (Å²) in [5.74, 6) is 0.0891. The molecule has 2 aromatic carbocycles. The Morgan fingerprint density at radius 3 is 2.53 bits per heavy atom. The van der Waals surface area contributed by atoms with Gasteiger partial charge in [0.15, 0.2) is 11.4 Å². The molecule has 0 atom stereocenters. The number of anilines is 2. The van der Waals surface area contributed by atoms with Crippen molar-refractivity contribution in [3.8, 4) is 0 Å². The van der Waals surface area contributed by atoms with Crippen LogP contribution in [0, 0.1) is 6.92 Å². The predicted molar refractivity (Wildman–Crippen MR) is 128 cm³/mol. The maximum absolute atomic E-state index is 13.2. The first-order valence-electron chi connectivity index (χ1n) is 11.1. The number of carbonyl (C=O) groups is 2. The Labute approximate surface area is 195 Å². The van der Waals surface area contributed by atoms with Crippen LogP contribution in [-0.2, 0) is 24.3 Å². The maximum Gasteiger partial charge on any atom is 0.353 e. The SMILES string of the molecule is CC(=O)c1ccc(NC(=O)Cn2nc3cc(C)nc(N4CCc5ccccc5C4)n3c2=O)cc1. The van der Waals surface area contributed by atoms with Gasteiger partial charge in [-0.1, -0.05) is 24.3 Å². The number of aromatic nitrogens is 4. The van der Waals surface area contributed by atoms with Crippen molar-refractivity contribution in [2.24, 2.45) is 0 Å². The largest absolute Gasteiger partial charge is 0.353 e. The first-order valence-corrected chi connectivity index (χ1v) is 11.1. The Hall–Kier alpha value is -4.27. The number of benzene rings is 2. The zero-order valence-electron chi connectivity index (χ0n) is 19.0. The third kappa shape index (κ3) is 4.07. The molecule has 0 fully saturated rings. The summed E-state index contributed by atoms with van der Waals surface area (Å²) < 4.78 is 2.62. The van der Waals surface area contributed by atoms with Gasteiger partial charge in [0.25, 0.3) is 0 Å². The van der Waals surface area contributed by atoms with Gasteiger partial charge in [0.2, 0.25) is 11.9 Å². The zero-order valence-corrected chi connectivity index (χ0v) is 19.0. The molecular weight excluding hydrogens is 432 g/mol. The van der Waals surface area contributed by atoms with Crippen LogP contribution in [0.25, 0.3) is 5.65 Å². The number of rotatable bonds is 5. The molecule has 9 nitrogen and oxygen atoms in total. The number of Topliss-reactive ketones (excluding diaryl/α,β-unsaturated/α-hetero) is 1. The molecule has 0 bridgehead atoms. The Morgan fingerprint density at radius 1 is 1.06 bits per heavy atom. The minimum absolute atomic E-state index is 0.0500. The Morgan fingerprint density at radius 2 is 1.79 bits per heavy atom. The van der Waals surface area contributed by atoms with Crippen molar-refractivity contribution < 1.29 is 9.59 Å². The van der Waals surface area contributed by atoms with Gasteiger partial charge in [-0.05, 0) is 55.7 Å². The highest BCUT2D eigenvalue weighted by atomic mass is 16.2. The van der Waals surface area contributed by atoms with E-state index in [2.05, 4.69) is 32.4 Å². The standard InChI is InChI=1S/C25H24N6O3/c1-16-13-22-28-30(15-23(33)27-21-9-7-18(8-10-21)17(2)32)25(34)31(22)24(26-16)29-12-11-19-5-3-4-6-20(19)14-29/h3-10,13H,11-12,14-15H2,1-2H3,(H,27,33). The average molecular weight is 457 g/mol. The van der Waals surface area contributed by atoms with E-state index in [0.29, 0.717) is 29.4 Å². The van der Waals surface area contributed by atoms with Crippen molar-refractivity contribution >= 4 is 29.0 Å². The molecule has 9 heteroatoms. The summed E-state index contributed by atoms with van der Waals surface area (Å²) in [6.45, 7) is 4.49. The number of amides is 1. The van der Waals surface area contributed by atoms with E-state index in [1.807, 2.05) is 19.1 Å². The summed E-state index contributed by atoms with van der Waals surface area (Å²) in [7, 11) is 0. The van der Waals surface area contributed by atoms with Crippen molar-refractivity contribution in [2.75, 3.05) is 16.8 Å². The normalized spacial score (nSPS) is 13.1. The van der Waals surface area contributed by atoms with Crippen molar-refractivity contribution in [1.29, 1.82) is 0 Å². The molecule has 34 heavy (non-hydrogen) atoms. The Balaban J connectivity index is 1.41. The molecule has 0 aliphatic carbocycles. The molecule has 1 aliphatic heterocycles. The van der Waals surface area contributed by atoms with Crippen molar-refractivity contribution in [3.05, 3.63) is 87.5 Å². The molecule has 0 saturated carbocycles. The fourth-order valence-electron chi connectivity index (χ4n) is 4.24. The molecule has 5 rings (SSSR count). The van der Waals surface area contributed by atoms with E-state index in [1.165, 1.54) is 22.5 Å². The molecule has 2 aromatic heterocycles. The third-order valence-corrected chi connectivity index (χ3v) is 5.96.